The Hall–Kier alpha value is -1.20. The summed E-state index contributed by atoms with van der Waals surface area (Å²) in [7, 11) is 0. The van der Waals surface area contributed by atoms with Gasteiger partial charge in [0.1, 0.15) is 0 Å². The van der Waals surface area contributed by atoms with Crippen LogP contribution in [-0.2, 0) is 6.42 Å². The molecule has 0 heterocycles. The van der Waals surface area contributed by atoms with Crippen LogP contribution in [0.25, 0.3) is 0 Å². The van der Waals surface area contributed by atoms with Crippen molar-refractivity contribution in [2.24, 2.45) is 0 Å². The lowest BCUT2D eigenvalue weighted by Gasteiger charge is -2.20. The third-order valence-corrected chi connectivity index (χ3v) is 4.32. The molecule has 1 rings (SSSR count). The minimum absolute atomic E-state index is 0.00770. The fraction of sp³-hybridized carbons (Fsp3) is 0.588. The van der Waals surface area contributed by atoms with Gasteiger partial charge in [0.2, 0.25) is 0 Å². The van der Waals surface area contributed by atoms with Crippen molar-refractivity contribution in [2.45, 2.75) is 45.7 Å². The molecule has 2 amide bonds. The Morgan fingerprint density at radius 3 is 2.64 bits per heavy atom. The molecule has 2 unspecified atom stereocenters. The molecular weight excluding hydrogens is 296 g/mol. The van der Waals surface area contributed by atoms with Crippen molar-refractivity contribution in [1.82, 2.24) is 10.6 Å². The number of urea groups is 1. The Balaban J connectivity index is 2.49. The van der Waals surface area contributed by atoms with Gasteiger partial charge in [0, 0.05) is 24.4 Å². The summed E-state index contributed by atoms with van der Waals surface area (Å²) in [4.78, 5) is 12.0. The molecule has 1 aromatic carbocycles. The summed E-state index contributed by atoms with van der Waals surface area (Å²) in [6.07, 6.45) is 3.39. The number of aryl methyl sites for hydroxylation is 2. The zero-order chi connectivity index (χ0) is 16.5. The second-order valence-electron chi connectivity index (χ2n) is 5.82. The number of hydrogen-bond acceptors (Lipinski definition) is 3. The van der Waals surface area contributed by atoms with Crippen LogP contribution in [0.3, 0.4) is 0 Å². The Morgan fingerprint density at radius 2 is 2.05 bits per heavy atom. The summed E-state index contributed by atoms with van der Waals surface area (Å²) in [6.45, 7) is 6.28. The van der Waals surface area contributed by atoms with Gasteiger partial charge in [0.25, 0.3) is 0 Å². The molecule has 0 spiro atoms. The number of carbonyl (C=O) groups is 1. The summed E-state index contributed by atoms with van der Waals surface area (Å²) in [6, 6.07) is 6.30. The Labute approximate surface area is 138 Å². The number of rotatable bonds is 8. The number of benzene rings is 1. The summed E-state index contributed by atoms with van der Waals surface area (Å²) < 4.78 is 0. The lowest BCUT2D eigenvalue weighted by atomic mass is 10.00. The van der Waals surface area contributed by atoms with E-state index in [1.165, 1.54) is 16.7 Å². The zero-order valence-corrected chi connectivity index (χ0v) is 14.8. The largest absolute Gasteiger partial charge is 0.396 e. The quantitative estimate of drug-likeness (QED) is 0.689. The molecule has 0 aliphatic heterocycles. The van der Waals surface area contributed by atoms with Gasteiger partial charge in [-0.3, -0.25) is 0 Å². The third-order valence-electron chi connectivity index (χ3n) is 3.58. The first-order valence-corrected chi connectivity index (χ1v) is 9.08. The zero-order valence-electron chi connectivity index (χ0n) is 14.0. The molecule has 5 heteroatoms. The lowest BCUT2D eigenvalue weighted by Crippen LogP contribution is -2.47. The van der Waals surface area contributed by atoms with Crippen molar-refractivity contribution >= 4 is 17.8 Å². The average molecular weight is 324 g/mol. The van der Waals surface area contributed by atoms with Crippen LogP contribution in [0, 0.1) is 13.8 Å². The Morgan fingerprint density at radius 1 is 1.32 bits per heavy atom. The molecule has 0 aromatic heterocycles. The second-order valence-corrected chi connectivity index (χ2v) is 6.73. The van der Waals surface area contributed by atoms with Crippen LogP contribution < -0.4 is 10.6 Å². The van der Waals surface area contributed by atoms with Crippen molar-refractivity contribution in [1.29, 1.82) is 0 Å². The molecule has 0 aliphatic carbocycles. The number of carbonyl (C=O) groups excluding carboxylic acids is 1. The van der Waals surface area contributed by atoms with Gasteiger partial charge >= 0.3 is 6.03 Å². The maximum absolute atomic E-state index is 12.0. The standard InChI is InChI=1S/C17H28N2O2S/c1-12-5-6-15(13(2)9-12)10-14(3)18-17(21)19-16(7-8-20)11-22-4/h5-6,9,14,16,20H,7-8,10-11H2,1-4H3,(H2,18,19,21). The topological polar surface area (TPSA) is 61.4 Å². The molecule has 0 radical (unpaired) electrons. The van der Waals surface area contributed by atoms with Crippen LogP contribution in [0.2, 0.25) is 0 Å². The number of thioether (sulfide) groups is 1. The monoisotopic (exact) mass is 324 g/mol. The first-order valence-electron chi connectivity index (χ1n) is 7.69. The minimum Gasteiger partial charge on any atom is -0.396 e. The molecule has 22 heavy (non-hydrogen) atoms. The van der Waals surface area contributed by atoms with Crippen LogP contribution in [0.1, 0.15) is 30.0 Å². The smallest absolute Gasteiger partial charge is 0.315 e. The Bertz CT molecular complexity index is 474. The maximum Gasteiger partial charge on any atom is 0.315 e. The van der Waals surface area contributed by atoms with E-state index in [1.54, 1.807) is 11.8 Å². The molecule has 3 N–H and O–H groups in total. The number of aliphatic hydroxyl groups excluding tert-OH is 1. The normalized spacial score (nSPS) is 13.5. The number of hydrogen-bond donors (Lipinski definition) is 3. The molecule has 0 bridgehead atoms. The maximum atomic E-state index is 12.0. The van der Waals surface area contributed by atoms with E-state index >= 15 is 0 Å². The van der Waals surface area contributed by atoms with Gasteiger partial charge in [-0.05, 0) is 51.0 Å². The summed E-state index contributed by atoms with van der Waals surface area (Å²) in [5.41, 5.74) is 3.77. The van der Waals surface area contributed by atoms with E-state index in [2.05, 4.69) is 42.7 Å². The van der Waals surface area contributed by atoms with Gasteiger partial charge in [0.05, 0.1) is 0 Å². The molecule has 124 valence electrons. The van der Waals surface area contributed by atoms with Gasteiger partial charge in [-0.2, -0.15) is 11.8 Å². The average Bonchev–Trinajstić information content (AvgIpc) is 2.42. The summed E-state index contributed by atoms with van der Waals surface area (Å²) in [5, 5.41) is 14.9. The fourth-order valence-corrected chi connectivity index (χ4v) is 3.11. The van der Waals surface area contributed by atoms with E-state index < -0.39 is 0 Å². The van der Waals surface area contributed by atoms with E-state index in [0.29, 0.717) is 6.42 Å². The van der Waals surface area contributed by atoms with Crippen LogP contribution in [0.15, 0.2) is 18.2 Å². The minimum atomic E-state index is -0.162. The van der Waals surface area contributed by atoms with E-state index in [1.807, 2.05) is 13.2 Å². The fourth-order valence-electron chi connectivity index (χ4n) is 2.46. The highest BCUT2D eigenvalue weighted by atomic mass is 32.2. The molecule has 1 aromatic rings. The molecule has 4 nitrogen and oxygen atoms in total. The first kappa shape index (κ1) is 18.8. The highest BCUT2D eigenvalue weighted by molar-refractivity contribution is 7.98. The number of amides is 2. The van der Waals surface area contributed by atoms with E-state index in [9.17, 15) is 4.79 Å². The van der Waals surface area contributed by atoms with Crippen molar-refractivity contribution in [3.05, 3.63) is 34.9 Å². The Kier molecular flexibility index (Phi) is 8.35. The molecule has 2 atom stereocenters. The predicted molar refractivity (Wildman–Crippen MR) is 94.6 cm³/mol. The first-order chi connectivity index (χ1) is 10.5. The molecule has 0 saturated carbocycles. The van der Waals surface area contributed by atoms with Crippen LogP contribution >= 0.6 is 11.8 Å². The van der Waals surface area contributed by atoms with Crippen LogP contribution in [-0.4, -0.2) is 41.8 Å². The van der Waals surface area contributed by atoms with Gasteiger partial charge < -0.3 is 15.7 Å². The van der Waals surface area contributed by atoms with Crippen LogP contribution in [0.5, 0.6) is 0 Å². The van der Waals surface area contributed by atoms with Crippen molar-refractivity contribution in [2.75, 3.05) is 18.6 Å². The van der Waals surface area contributed by atoms with Crippen molar-refractivity contribution in [3.8, 4) is 0 Å². The van der Waals surface area contributed by atoms with E-state index in [-0.39, 0.29) is 24.7 Å². The van der Waals surface area contributed by atoms with Gasteiger partial charge in [0.15, 0.2) is 0 Å². The summed E-state index contributed by atoms with van der Waals surface area (Å²) >= 11 is 1.66. The highest BCUT2D eigenvalue weighted by Crippen LogP contribution is 2.12. The van der Waals surface area contributed by atoms with Crippen molar-refractivity contribution in [3.63, 3.8) is 0 Å². The van der Waals surface area contributed by atoms with E-state index in [0.717, 1.165) is 12.2 Å². The number of aliphatic hydroxyl groups is 1. The SMILES string of the molecule is CSCC(CCO)NC(=O)NC(C)Cc1ccc(C)cc1C. The van der Waals surface area contributed by atoms with Crippen LogP contribution in [0.4, 0.5) is 4.79 Å². The second kappa shape index (κ2) is 9.74. The van der Waals surface area contributed by atoms with Gasteiger partial charge in [-0.25, -0.2) is 4.79 Å². The molecule has 0 saturated heterocycles. The summed E-state index contributed by atoms with van der Waals surface area (Å²) in [5.74, 6) is 0.805. The van der Waals surface area contributed by atoms with Crippen molar-refractivity contribution < 1.29 is 9.90 Å². The molecular formula is C17H28N2O2S. The van der Waals surface area contributed by atoms with E-state index in [4.69, 9.17) is 5.11 Å². The molecule has 0 fully saturated rings. The predicted octanol–water partition coefficient (Wildman–Crippen LogP) is 2.65. The van der Waals surface area contributed by atoms with Gasteiger partial charge in [-0.15, -0.1) is 0 Å². The highest BCUT2D eigenvalue weighted by Gasteiger charge is 2.14. The van der Waals surface area contributed by atoms with Gasteiger partial charge in [-0.1, -0.05) is 23.8 Å². The third kappa shape index (κ3) is 6.71. The molecule has 0 aliphatic rings. The lowest BCUT2D eigenvalue weighted by molar-refractivity contribution is 0.228. The number of nitrogens with one attached hydrogen (secondary N) is 2.